The van der Waals surface area contributed by atoms with Gasteiger partial charge in [0, 0.05) is 18.9 Å². The van der Waals surface area contributed by atoms with Crippen molar-refractivity contribution >= 4 is 11.6 Å². The van der Waals surface area contributed by atoms with Crippen LogP contribution in [0, 0.1) is 11.3 Å². The van der Waals surface area contributed by atoms with E-state index in [1.54, 1.807) is 12.4 Å². The normalized spacial score (nSPS) is 12.5. The first kappa shape index (κ1) is 11.0. The molecule has 0 saturated heterocycles. The fraction of sp³-hybridized carbons (Fsp3) is 0.400. The average Bonchev–Trinajstić information content (AvgIpc) is 2.20. The molecule has 0 fully saturated rings. The van der Waals surface area contributed by atoms with Gasteiger partial charge in [-0.25, -0.2) is 0 Å². The van der Waals surface area contributed by atoms with Gasteiger partial charge in [-0.2, -0.15) is 5.26 Å². The van der Waals surface area contributed by atoms with Crippen molar-refractivity contribution in [2.45, 2.75) is 19.5 Å². The van der Waals surface area contributed by atoms with Crippen molar-refractivity contribution in [3.05, 3.63) is 29.0 Å². The van der Waals surface area contributed by atoms with Crippen molar-refractivity contribution in [2.75, 3.05) is 7.05 Å². The maximum absolute atomic E-state index is 8.72. The van der Waals surface area contributed by atoms with Gasteiger partial charge in [-0.15, -0.1) is 0 Å². The van der Waals surface area contributed by atoms with Gasteiger partial charge in [0.25, 0.3) is 0 Å². The van der Waals surface area contributed by atoms with E-state index in [9.17, 15) is 0 Å². The maximum atomic E-state index is 8.72. The summed E-state index contributed by atoms with van der Waals surface area (Å²) in [5.74, 6) is 0. The molecule has 4 heteroatoms. The van der Waals surface area contributed by atoms with Gasteiger partial charge in [0.1, 0.15) is 0 Å². The zero-order valence-corrected chi connectivity index (χ0v) is 8.99. The van der Waals surface area contributed by atoms with E-state index in [2.05, 4.69) is 11.1 Å². The largest absolute Gasteiger partial charge is 0.287 e. The first-order chi connectivity index (χ1) is 6.65. The van der Waals surface area contributed by atoms with Gasteiger partial charge < -0.3 is 0 Å². The number of hydrogen-bond acceptors (Lipinski definition) is 3. The quantitative estimate of drug-likeness (QED) is 0.765. The molecule has 0 radical (unpaired) electrons. The molecule has 14 heavy (non-hydrogen) atoms. The highest BCUT2D eigenvalue weighted by molar-refractivity contribution is 6.31. The summed E-state index contributed by atoms with van der Waals surface area (Å²) in [6, 6.07) is 3.92. The van der Waals surface area contributed by atoms with Gasteiger partial charge in [0.15, 0.2) is 0 Å². The molecule has 0 aliphatic carbocycles. The summed E-state index contributed by atoms with van der Waals surface area (Å²) >= 11 is 5.94. The lowest BCUT2D eigenvalue weighted by Crippen LogP contribution is -2.27. The number of rotatable bonds is 3. The Labute approximate surface area is 88.9 Å². The Bertz CT molecular complexity index is 345. The second kappa shape index (κ2) is 4.94. The van der Waals surface area contributed by atoms with Gasteiger partial charge in [0.05, 0.1) is 17.1 Å². The molecule has 1 rings (SSSR count). The van der Waals surface area contributed by atoms with Crippen LogP contribution in [0.4, 0.5) is 0 Å². The van der Waals surface area contributed by atoms with E-state index in [-0.39, 0.29) is 6.04 Å². The topological polar surface area (TPSA) is 39.9 Å². The summed E-state index contributed by atoms with van der Waals surface area (Å²) in [7, 11) is 1.89. The Morgan fingerprint density at radius 2 is 2.43 bits per heavy atom. The second-order valence-electron chi connectivity index (χ2n) is 3.19. The van der Waals surface area contributed by atoms with Crippen LogP contribution in [0.25, 0.3) is 0 Å². The number of nitriles is 1. The number of pyridine rings is 1. The molecular weight excluding hydrogens is 198 g/mol. The third-order valence-corrected chi connectivity index (χ3v) is 2.46. The fourth-order valence-electron chi connectivity index (χ4n) is 1.04. The number of halogens is 1. The Morgan fingerprint density at radius 3 is 3.00 bits per heavy atom. The zero-order chi connectivity index (χ0) is 10.6. The molecule has 1 unspecified atom stereocenters. The van der Waals surface area contributed by atoms with Crippen LogP contribution >= 0.6 is 11.6 Å². The van der Waals surface area contributed by atoms with Crippen LogP contribution in [-0.2, 0) is 6.54 Å². The summed E-state index contributed by atoms with van der Waals surface area (Å²) in [6.07, 6.45) is 3.31. The van der Waals surface area contributed by atoms with E-state index in [1.165, 1.54) is 0 Å². The van der Waals surface area contributed by atoms with Crippen molar-refractivity contribution in [3.8, 4) is 6.07 Å². The average molecular weight is 210 g/mol. The Balaban J connectivity index is 2.70. The molecule has 1 aromatic heterocycles. The lowest BCUT2D eigenvalue weighted by atomic mass is 10.2. The molecule has 1 heterocycles. The molecule has 0 aliphatic rings. The minimum Gasteiger partial charge on any atom is -0.287 e. The van der Waals surface area contributed by atoms with E-state index in [4.69, 9.17) is 16.9 Å². The summed E-state index contributed by atoms with van der Waals surface area (Å²) in [6.45, 7) is 2.52. The van der Waals surface area contributed by atoms with E-state index in [1.807, 2.05) is 24.9 Å². The molecule has 0 aliphatic heterocycles. The molecule has 1 aromatic rings. The Hall–Kier alpha value is -1.11. The SMILES string of the molecule is CC(C#N)N(C)Cc1ccncc1Cl. The first-order valence-corrected chi connectivity index (χ1v) is 4.71. The zero-order valence-electron chi connectivity index (χ0n) is 8.24. The van der Waals surface area contributed by atoms with Gasteiger partial charge in [0.2, 0.25) is 0 Å². The standard InChI is InChI=1S/C10H12ClN3/c1-8(5-12)14(2)7-9-3-4-13-6-10(9)11/h3-4,6,8H,7H2,1-2H3. The Kier molecular flexibility index (Phi) is 3.87. The predicted octanol–water partition coefficient (Wildman–Crippen LogP) is 2.08. The van der Waals surface area contributed by atoms with E-state index in [0.29, 0.717) is 11.6 Å². The van der Waals surface area contributed by atoms with E-state index < -0.39 is 0 Å². The van der Waals surface area contributed by atoms with Gasteiger partial charge in [-0.3, -0.25) is 9.88 Å². The predicted molar refractivity (Wildman–Crippen MR) is 55.8 cm³/mol. The van der Waals surface area contributed by atoms with Crippen molar-refractivity contribution < 1.29 is 0 Å². The third-order valence-electron chi connectivity index (χ3n) is 2.12. The molecule has 0 saturated carbocycles. The number of aromatic nitrogens is 1. The highest BCUT2D eigenvalue weighted by Gasteiger charge is 2.09. The minimum atomic E-state index is -0.112. The molecule has 1 atom stereocenters. The Morgan fingerprint density at radius 1 is 1.71 bits per heavy atom. The smallest absolute Gasteiger partial charge is 0.0949 e. The second-order valence-corrected chi connectivity index (χ2v) is 3.59. The van der Waals surface area contributed by atoms with Gasteiger partial charge >= 0.3 is 0 Å². The molecule has 0 spiro atoms. The highest BCUT2D eigenvalue weighted by Crippen LogP contribution is 2.15. The number of hydrogen-bond donors (Lipinski definition) is 0. The fourth-order valence-corrected chi connectivity index (χ4v) is 1.22. The summed E-state index contributed by atoms with van der Waals surface area (Å²) in [5, 5.41) is 9.36. The van der Waals surface area contributed by atoms with Crippen LogP contribution in [0.2, 0.25) is 5.02 Å². The molecule has 3 nitrogen and oxygen atoms in total. The maximum Gasteiger partial charge on any atom is 0.0949 e. The summed E-state index contributed by atoms with van der Waals surface area (Å²) < 4.78 is 0. The van der Waals surface area contributed by atoms with E-state index in [0.717, 1.165) is 5.56 Å². The highest BCUT2D eigenvalue weighted by atomic mass is 35.5. The molecular formula is C10H12ClN3. The van der Waals surface area contributed by atoms with Crippen LogP contribution in [0.15, 0.2) is 18.5 Å². The lowest BCUT2D eigenvalue weighted by Gasteiger charge is -2.19. The third kappa shape index (κ3) is 2.69. The number of nitrogens with zero attached hydrogens (tertiary/aromatic N) is 3. The molecule has 0 bridgehead atoms. The van der Waals surface area contributed by atoms with Crippen LogP contribution in [0.5, 0.6) is 0 Å². The summed E-state index contributed by atoms with van der Waals surface area (Å²) in [5.41, 5.74) is 0.992. The molecule has 74 valence electrons. The molecule has 0 N–H and O–H groups in total. The van der Waals surface area contributed by atoms with E-state index >= 15 is 0 Å². The van der Waals surface area contributed by atoms with Crippen molar-refractivity contribution in [3.63, 3.8) is 0 Å². The van der Waals surface area contributed by atoms with Crippen LogP contribution in [0.3, 0.4) is 0 Å². The van der Waals surface area contributed by atoms with Gasteiger partial charge in [-0.05, 0) is 25.6 Å². The van der Waals surface area contributed by atoms with Crippen LogP contribution in [0.1, 0.15) is 12.5 Å². The minimum absolute atomic E-state index is 0.112. The first-order valence-electron chi connectivity index (χ1n) is 4.33. The summed E-state index contributed by atoms with van der Waals surface area (Å²) in [4.78, 5) is 5.83. The molecule has 0 amide bonds. The van der Waals surface area contributed by atoms with Crippen molar-refractivity contribution in [2.24, 2.45) is 0 Å². The van der Waals surface area contributed by atoms with Crippen molar-refractivity contribution in [1.29, 1.82) is 5.26 Å². The monoisotopic (exact) mass is 209 g/mol. The van der Waals surface area contributed by atoms with Crippen LogP contribution < -0.4 is 0 Å². The van der Waals surface area contributed by atoms with Crippen LogP contribution in [-0.4, -0.2) is 23.0 Å². The lowest BCUT2D eigenvalue weighted by molar-refractivity contribution is 0.294. The van der Waals surface area contributed by atoms with Gasteiger partial charge in [-0.1, -0.05) is 11.6 Å². The van der Waals surface area contributed by atoms with Crippen molar-refractivity contribution in [1.82, 2.24) is 9.88 Å². The molecule has 0 aromatic carbocycles.